The van der Waals surface area contributed by atoms with Crippen molar-refractivity contribution in [2.24, 2.45) is 0 Å². The molecule has 2 rings (SSSR count). The third-order valence-electron chi connectivity index (χ3n) is 2.06. The fraction of sp³-hybridized carbons (Fsp3) is 0.0833. The van der Waals surface area contributed by atoms with E-state index < -0.39 is 0 Å². The number of thioether (sulfide) groups is 1. The molecule has 17 heavy (non-hydrogen) atoms. The molecule has 0 unspecified atom stereocenters. The highest BCUT2D eigenvalue weighted by atomic mass is 79.9. The van der Waals surface area contributed by atoms with Gasteiger partial charge >= 0.3 is 0 Å². The topological polar surface area (TPSA) is 38.9 Å². The lowest BCUT2D eigenvalue weighted by molar-refractivity contribution is 0.625. The van der Waals surface area contributed by atoms with Crippen LogP contribution in [0.4, 0.5) is 10.1 Å². The summed E-state index contributed by atoms with van der Waals surface area (Å²) in [6.07, 6.45) is 3.52. The largest absolute Gasteiger partial charge is 0.399 e. The Morgan fingerprint density at radius 1 is 1.24 bits per heavy atom. The number of aromatic nitrogens is 1. The average molecular weight is 313 g/mol. The summed E-state index contributed by atoms with van der Waals surface area (Å²) in [5, 5.41) is 0. The van der Waals surface area contributed by atoms with Crippen molar-refractivity contribution in [1.29, 1.82) is 0 Å². The van der Waals surface area contributed by atoms with Crippen LogP contribution in [0.3, 0.4) is 0 Å². The fourth-order valence-electron chi connectivity index (χ4n) is 1.37. The van der Waals surface area contributed by atoms with Gasteiger partial charge in [-0.3, -0.25) is 4.98 Å². The molecule has 0 saturated heterocycles. The molecule has 1 aromatic heterocycles. The summed E-state index contributed by atoms with van der Waals surface area (Å²) in [5.74, 6) is 0.426. The van der Waals surface area contributed by atoms with E-state index in [2.05, 4.69) is 20.9 Å². The van der Waals surface area contributed by atoms with Crippen LogP contribution in [0.2, 0.25) is 0 Å². The second-order valence-corrected chi connectivity index (χ2v) is 5.48. The highest BCUT2D eigenvalue weighted by Crippen LogP contribution is 2.26. The van der Waals surface area contributed by atoms with Gasteiger partial charge < -0.3 is 5.73 Å². The van der Waals surface area contributed by atoms with Crippen LogP contribution in [0.25, 0.3) is 0 Å². The van der Waals surface area contributed by atoms with Gasteiger partial charge in [-0.05, 0) is 45.8 Å². The Kier molecular flexibility index (Phi) is 4.02. The van der Waals surface area contributed by atoms with Gasteiger partial charge in [-0.25, -0.2) is 4.39 Å². The summed E-state index contributed by atoms with van der Waals surface area (Å²) in [6.45, 7) is 0. The van der Waals surface area contributed by atoms with E-state index in [9.17, 15) is 4.39 Å². The van der Waals surface area contributed by atoms with E-state index in [4.69, 9.17) is 5.73 Å². The number of rotatable bonds is 3. The van der Waals surface area contributed by atoms with Gasteiger partial charge in [0.15, 0.2) is 0 Å². The number of halogens is 2. The minimum atomic E-state index is -0.306. The van der Waals surface area contributed by atoms with Gasteiger partial charge in [-0.1, -0.05) is 0 Å². The molecule has 0 aliphatic heterocycles. The molecular weight excluding hydrogens is 303 g/mol. The molecule has 5 heteroatoms. The number of anilines is 1. The van der Waals surface area contributed by atoms with Gasteiger partial charge in [0.1, 0.15) is 5.82 Å². The second kappa shape index (κ2) is 5.51. The van der Waals surface area contributed by atoms with Crippen molar-refractivity contribution in [3.63, 3.8) is 0 Å². The van der Waals surface area contributed by atoms with Crippen LogP contribution in [0.1, 0.15) is 5.56 Å². The normalized spacial score (nSPS) is 10.5. The molecule has 0 aliphatic carbocycles. The lowest BCUT2D eigenvalue weighted by Crippen LogP contribution is -1.88. The monoisotopic (exact) mass is 312 g/mol. The van der Waals surface area contributed by atoms with E-state index in [1.54, 1.807) is 18.5 Å². The molecule has 0 fully saturated rings. The molecule has 0 bridgehead atoms. The lowest BCUT2D eigenvalue weighted by atomic mass is 10.3. The molecule has 88 valence electrons. The minimum Gasteiger partial charge on any atom is -0.399 e. The predicted octanol–water partition coefficient (Wildman–Crippen LogP) is 3.86. The second-order valence-electron chi connectivity index (χ2n) is 3.52. The van der Waals surface area contributed by atoms with E-state index in [-0.39, 0.29) is 5.82 Å². The van der Waals surface area contributed by atoms with Crippen molar-refractivity contribution in [2.75, 3.05) is 5.73 Å². The standard InChI is InChI=1S/C12H10BrFN2S/c13-9-1-8(5-16-6-9)7-17-12-3-10(14)2-11(15)4-12/h1-6H,7,15H2. The number of benzene rings is 1. The maximum atomic E-state index is 13.1. The first-order valence-corrected chi connectivity index (χ1v) is 6.69. The van der Waals surface area contributed by atoms with Crippen molar-refractivity contribution in [3.05, 3.63) is 52.5 Å². The molecular formula is C12H10BrFN2S. The Hall–Kier alpha value is -1.07. The summed E-state index contributed by atoms with van der Waals surface area (Å²) >= 11 is 4.89. The van der Waals surface area contributed by atoms with Crippen LogP contribution in [0.15, 0.2) is 46.0 Å². The quantitative estimate of drug-likeness (QED) is 0.691. The first-order valence-electron chi connectivity index (χ1n) is 4.92. The predicted molar refractivity (Wildman–Crippen MR) is 72.3 cm³/mol. The number of pyridine rings is 1. The summed E-state index contributed by atoms with van der Waals surface area (Å²) in [5.41, 5.74) is 7.10. The highest BCUT2D eigenvalue weighted by Gasteiger charge is 2.01. The molecule has 0 radical (unpaired) electrons. The summed E-state index contributed by atoms with van der Waals surface area (Å²) in [7, 11) is 0. The Bertz CT molecular complexity index is 513. The number of nitrogen functional groups attached to an aromatic ring is 1. The molecule has 0 spiro atoms. The fourth-order valence-corrected chi connectivity index (χ4v) is 2.69. The smallest absolute Gasteiger partial charge is 0.126 e. The molecule has 1 heterocycles. The number of hydrogen-bond donors (Lipinski definition) is 1. The zero-order valence-electron chi connectivity index (χ0n) is 8.86. The maximum absolute atomic E-state index is 13.1. The molecule has 1 aromatic carbocycles. The van der Waals surface area contributed by atoms with Crippen molar-refractivity contribution in [2.45, 2.75) is 10.6 Å². The molecule has 0 saturated carbocycles. The Balaban J connectivity index is 2.07. The maximum Gasteiger partial charge on any atom is 0.126 e. The van der Waals surface area contributed by atoms with Crippen LogP contribution in [-0.4, -0.2) is 4.98 Å². The Morgan fingerprint density at radius 3 is 2.76 bits per heavy atom. The number of nitrogens with zero attached hydrogens (tertiary/aromatic N) is 1. The van der Waals surface area contributed by atoms with Crippen LogP contribution in [0.5, 0.6) is 0 Å². The first-order chi connectivity index (χ1) is 8.13. The summed E-state index contributed by atoms with van der Waals surface area (Å²) in [4.78, 5) is 4.89. The number of nitrogens with two attached hydrogens (primary N) is 1. The first kappa shape index (κ1) is 12.4. The third-order valence-corrected chi connectivity index (χ3v) is 3.54. The molecule has 2 N–H and O–H groups in total. The van der Waals surface area contributed by atoms with E-state index in [1.165, 1.54) is 23.9 Å². The van der Waals surface area contributed by atoms with Crippen molar-refractivity contribution >= 4 is 33.4 Å². The summed E-state index contributed by atoms with van der Waals surface area (Å²) in [6, 6.07) is 6.54. The van der Waals surface area contributed by atoms with Crippen molar-refractivity contribution in [3.8, 4) is 0 Å². The van der Waals surface area contributed by atoms with E-state index in [0.717, 1.165) is 20.7 Å². The lowest BCUT2D eigenvalue weighted by Gasteiger charge is -2.03. The zero-order chi connectivity index (χ0) is 12.3. The summed E-state index contributed by atoms with van der Waals surface area (Å²) < 4.78 is 14.0. The van der Waals surface area contributed by atoms with Crippen LogP contribution in [0, 0.1) is 5.82 Å². The molecule has 0 atom stereocenters. The molecule has 0 amide bonds. The Morgan fingerprint density at radius 2 is 2.06 bits per heavy atom. The van der Waals surface area contributed by atoms with Gasteiger partial charge in [0, 0.05) is 33.2 Å². The number of hydrogen-bond acceptors (Lipinski definition) is 3. The zero-order valence-corrected chi connectivity index (χ0v) is 11.3. The molecule has 2 nitrogen and oxygen atoms in total. The molecule has 0 aliphatic rings. The van der Waals surface area contributed by atoms with Gasteiger partial charge in [0.05, 0.1) is 0 Å². The van der Waals surface area contributed by atoms with Gasteiger partial charge in [0.25, 0.3) is 0 Å². The van der Waals surface area contributed by atoms with E-state index in [0.29, 0.717) is 5.69 Å². The van der Waals surface area contributed by atoms with E-state index >= 15 is 0 Å². The van der Waals surface area contributed by atoms with Crippen LogP contribution >= 0.6 is 27.7 Å². The highest BCUT2D eigenvalue weighted by molar-refractivity contribution is 9.10. The van der Waals surface area contributed by atoms with Gasteiger partial charge in [-0.2, -0.15) is 0 Å². The third kappa shape index (κ3) is 3.71. The van der Waals surface area contributed by atoms with Gasteiger partial charge in [0.2, 0.25) is 0 Å². The van der Waals surface area contributed by atoms with Crippen molar-refractivity contribution in [1.82, 2.24) is 4.98 Å². The average Bonchev–Trinajstić information content (AvgIpc) is 2.25. The molecule has 2 aromatic rings. The van der Waals surface area contributed by atoms with Crippen molar-refractivity contribution < 1.29 is 4.39 Å². The van der Waals surface area contributed by atoms with Gasteiger partial charge in [-0.15, -0.1) is 11.8 Å². The van der Waals surface area contributed by atoms with Crippen LogP contribution in [-0.2, 0) is 5.75 Å². The van der Waals surface area contributed by atoms with E-state index in [1.807, 2.05) is 6.07 Å². The van der Waals surface area contributed by atoms with Crippen LogP contribution < -0.4 is 5.73 Å². The minimum absolute atomic E-state index is 0.306. The SMILES string of the molecule is Nc1cc(F)cc(SCc2cncc(Br)c2)c1. The Labute approximate surface area is 112 Å².